The quantitative estimate of drug-likeness (QED) is 0.940. The zero-order valence-corrected chi connectivity index (χ0v) is 12.4. The molecule has 0 amide bonds. The summed E-state index contributed by atoms with van der Waals surface area (Å²) < 4.78 is 24.3. The molecule has 1 aromatic carbocycles. The van der Waals surface area contributed by atoms with Gasteiger partial charge in [-0.05, 0) is 24.3 Å². The van der Waals surface area contributed by atoms with Crippen LogP contribution in [0.3, 0.4) is 0 Å². The minimum atomic E-state index is -0.368. The number of pyridine rings is 1. The summed E-state index contributed by atoms with van der Waals surface area (Å²) in [7, 11) is 1.48. The first-order chi connectivity index (χ1) is 10.8. The normalized spacial score (nSPS) is 14.7. The summed E-state index contributed by atoms with van der Waals surface area (Å²) in [5.41, 5.74) is 0.926. The Labute approximate surface area is 128 Å². The molecule has 1 saturated heterocycles. The number of piperazine rings is 1. The first-order valence-electron chi connectivity index (χ1n) is 7.20. The molecule has 2 aromatic rings. The lowest BCUT2D eigenvalue weighted by Gasteiger charge is -2.30. The van der Waals surface area contributed by atoms with Gasteiger partial charge < -0.3 is 19.7 Å². The fraction of sp³-hybridized carbons (Fsp3) is 0.312. The van der Waals surface area contributed by atoms with Gasteiger partial charge in [0.25, 0.3) is 0 Å². The highest BCUT2D eigenvalue weighted by Crippen LogP contribution is 2.35. The van der Waals surface area contributed by atoms with Crippen molar-refractivity contribution in [3.05, 3.63) is 42.3 Å². The molecule has 0 aliphatic carbocycles. The number of aromatic nitrogens is 1. The summed E-state index contributed by atoms with van der Waals surface area (Å²) in [6, 6.07) is 8.04. The first-order valence-corrected chi connectivity index (χ1v) is 7.20. The summed E-state index contributed by atoms with van der Waals surface area (Å²) in [5.74, 6) is 0.915. The van der Waals surface area contributed by atoms with Crippen molar-refractivity contribution in [2.45, 2.75) is 0 Å². The molecule has 116 valence electrons. The third kappa shape index (κ3) is 3.12. The molecule has 5 nitrogen and oxygen atoms in total. The van der Waals surface area contributed by atoms with Crippen molar-refractivity contribution in [3.8, 4) is 17.4 Å². The Morgan fingerprint density at radius 3 is 2.77 bits per heavy atom. The molecule has 0 bridgehead atoms. The average Bonchev–Trinajstić information content (AvgIpc) is 2.57. The Kier molecular flexibility index (Phi) is 4.39. The smallest absolute Gasteiger partial charge is 0.243 e. The van der Waals surface area contributed by atoms with E-state index in [0.717, 1.165) is 31.9 Å². The van der Waals surface area contributed by atoms with E-state index in [9.17, 15) is 4.39 Å². The highest BCUT2D eigenvalue weighted by Gasteiger charge is 2.17. The average molecular weight is 303 g/mol. The molecule has 1 aliphatic heterocycles. The Bertz CT molecular complexity index is 645. The van der Waals surface area contributed by atoms with Gasteiger partial charge in [-0.15, -0.1) is 0 Å². The second-order valence-electron chi connectivity index (χ2n) is 4.96. The molecule has 0 radical (unpaired) electrons. The number of ether oxygens (including phenoxy) is 2. The highest BCUT2D eigenvalue weighted by molar-refractivity contribution is 5.57. The first kappa shape index (κ1) is 14.6. The van der Waals surface area contributed by atoms with Gasteiger partial charge in [0.2, 0.25) is 5.88 Å². The lowest BCUT2D eigenvalue weighted by Crippen LogP contribution is -2.43. The fourth-order valence-electron chi connectivity index (χ4n) is 2.44. The molecule has 22 heavy (non-hydrogen) atoms. The zero-order valence-electron chi connectivity index (χ0n) is 12.4. The second kappa shape index (κ2) is 6.62. The van der Waals surface area contributed by atoms with Gasteiger partial charge in [0, 0.05) is 38.4 Å². The molecular formula is C16H18FN3O2. The van der Waals surface area contributed by atoms with Crippen molar-refractivity contribution in [1.82, 2.24) is 10.3 Å². The molecule has 6 heteroatoms. The van der Waals surface area contributed by atoms with Gasteiger partial charge in [-0.25, -0.2) is 9.37 Å². The van der Waals surface area contributed by atoms with E-state index in [0.29, 0.717) is 17.4 Å². The van der Waals surface area contributed by atoms with Crippen LogP contribution in [-0.2, 0) is 0 Å². The van der Waals surface area contributed by atoms with Gasteiger partial charge in [-0.3, -0.25) is 0 Å². The minimum Gasteiger partial charge on any atom is -0.493 e. The van der Waals surface area contributed by atoms with Gasteiger partial charge >= 0.3 is 0 Å². The summed E-state index contributed by atoms with van der Waals surface area (Å²) in [6.07, 6.45) is 1.68. The molecule has 0 saturated carbocycles. The van der Waals surface area contributed by atoms with E-state index < -0.39 is 0 Å². The Hall–Kier alpha value is -2.34. The summed E-state index contributed by atoms with van der Waals surface area (Å²) >= 11 is 0. The van der Waals surface area contributed by atoms with E-state index in [2.05, 4.69) is 15.2 Å². The van der Waals surface area contributed by atoms with Crippen LogP contribution in [0.25, 0.3) is 0 Å². The second-order valence-corrected chi connectivity index (χ2v) is 4.96. The minimum absolute atomic E-state index is 0.344. The monoisotopic (exact) mass is 303 g/mol. The molecule has 1 N–H and O–H groups in total. The van der Waals surface area contributed by atoms with Crippen molar-refractivity contribution in [2.75, 3.05) is 38.2 Å². The van der Waals surface area contributed by atoms with E-state index in [1.165, 1.54) is 19.2 Å². The lowest BCUT2D eigenvalue weighted by molar-refractivity contribution is 0.371. The van der Waals surface area contributed by atoms with Gasteiger partial charge in [0.05, 0.1) is 7.11 Å². The predicted molar refractivity (Wildman–Crippen MR) is 82.3 cm³/mol. The predicted octanol–water partition coefficient (Wildman–Crippen LogP) is 2.43. The third-order valence-electron chi connectivity index (χ3n) is 3.54. The largest absolute Gasteiger partial charge is 0.493 e. The Morgan fingerprint density at radius 2 is 2.00 bits per heavy atom. The van der Waals surface area contributed by atoms with Crippen molar-refractivity contribution in [2.24, 2.45) is 0 Å². The molecular weight excluding hydrogens is 285 g/mol. The van der Waals surface area contributed by atoms with Crippen LogP contribution < -0.4 is 19.7 Å². The number of anilines is 1. The van der Waals surface area contributed by atoms with Crippen LogP contribution in [0, 0.1) is 5.82 Å². The summed E-state index contributed by atoms with van der Waals surface area (Å²) in [4.78, 5) is 6.53. The molecule has 1 aliphatic rings. The van der Waals surface area contributed by atoms with Crippen LogP contribution in [0.2, 0.25) is 0 Å². The maximum Gasteiger partial charge on any atom is 0.243 e. The van der Waals surface area contributed by atoms with Crippen LogP contribution >= 0.6 is 0 Å². The topological polar surface area (TPSA) is 46.6 Å². The molecule has 0 unspecified atom stereocenters. The van der Waals surface area contributed by atoms with E-state index in [1.54, 1.807) is 12.3 Å². The van der Waals surface area contributed by atoms with Gasteiger partial charge in [0.15, 0.2) is 11.5 Å². The summed E-state index contributed by atoms with van der Waals surface area (Å²) in [6.45, 7) is 3.63. The fourth-order valence-corrected chi connectivity index (χ4v) is 2.44. The van der Waals surface area contributed by atoms with Crippen molar-refractivity contribution in [1.29, 1.82) is 0 Å². The van der Waals surface area contributed by atoms with Crippen LogP contribution in [0.4, 0.5) is 10.1 Å². The SMILES string of the molecule is COc1cc(F)ccc1Oc1ncccc1N1CCNCC1. The van der Waals surface area contributed by atoms with Crippen molar-refractivity contribution < 1.29 is 13.9 Å². The maximum absolute atomic E-state index is 13.3. The van der Waals surface area contributed by atoms with Crippen molar-refractivity contribution >= 4 is 5.69 Å². The van der Waals surface area contributed by atoms with E-state index in [4.69, 9.17) is 9.47 Å². The Morgan fingerprint density at radius 1 is 1.18 bits per heavy atom. The number of halogens is 1. The summed E-state index contributed by atoms with van der Waals surface area (Å²) in [5, 5.41) is 3.31. The number of benzene rings is 1. The lowest BCUT2D eigenvalue weighted by atomic mass is 10.3. The van der Waals surface area contributed by atoms with Gasteiger partial charge in [0.1, 0.15) is 11.5 Å². The molecule has 0 spiro atoms. The van der Waals surface area contributed by atoms with Crippen LogP contribution in [-0.4, -0.2) is 38.3 Å². The zero-order chi connectivity index (χ0) is 15.4. The third-order valence-corrected chi connectivity index (χ3v) is 3.54. The van der Waals surface area contributed by atoms with Gasteiger partial charge in [-0.1, -0.05) is 0 Å². The van der Waals surface area contributed by atoms with Crippen LogP contribution in [0.1, 0.15) is 0 Å². The number of methoxy groups -OCH3 is 1. The Balaban J connectivity index is 1.89. The maximum atomic E-state index is 13.3. The van der Waals surface area contributed by atoms with Crippen LogP contribution in [0.5, 0.6) is 17.4 Å². The van der Waals surface area contributed by atoms with E-state index in [-0.39, 0.29) is 5.82 Å². The van der Waals surface area contributed by atoms with E-state index >= 15 is 0 Å². The standard InChI is InChI=1S/C16H18FN3O2/c1-21-15-11-12(17)4-5-14(15)22-16-13(3-2-6-19-16)20-9-7-18-8-10-20/h2-6,11,18H,7-10H2,1H3. The molecule has 1 fully saturated rings. The van der Waals surface area contributed by atoms with Gasteiger partial charge in [-0.2, -0.15) is 0 Å². The van der Waals surface area contributed by atoms with Crippen LogP contribution in [0.15, 0.2) is 36.5 Å². The van der Waals surface area contributed by atoms with E-state index in [1.807, 2.05) is 12.1 Å². The molecule has 1 aromatic heterocycles. The molecule has 3 rings (SSSR count). The number of nitrogens with one attached hydrogen (secondary N) is 1. The molecule has 0 atom stereocenters. The number of hydrogen-bond acceptors (Lipinski definition) is 5. The molecule has 2 heterocycles. The number of rotatable bonds is 4. The number of nitrogens with zero attached hydrogens (tertiary/aromatic N) is 2. The number of hydrogen-bond donors (Lipinski definition) is 1. The highest BCUT2D eigenvalue weighted by atomic mass is 19.1. The van der Waals surface area contributed by atoms with Crippen molar-refractivity contribution in [3.63, 3.8) is 0 Å².